The molecule has 0 aromatic heterocycles. The van der Waals surface area contributed by atoms with Crippen LogP contribution in [0.2, 0.25) is 0 Å². The summed E-state index contributed by atoms with van der Waals surface area (Å²) in [6.45, 7) is 7.53. The maximum atomic E-state index is 13.0. The lowest BCUT2D eigenvalue weighted by molar-refractivity contribution is 0.0761. The zero-order valence-electron chi connectivity index (χ0n) is 16.5. The number of carbonyl (C=O) groups excluding carboxylic acids is 1. The number of amides is 1. The van der Waals surface area contributed by atoms with Crippen molar-refractivity contribution in [1.29, 1.82) is 0 Å². The first-order chi connectivity index (χ1) is 14.0. The van der Waals surface area contributed by atoms with Crippen molar-refractivity contribution in [1.82, 2.24) is 14.5 Å². The molecule has 2 aromatic carbocycles. The Morgan fingerprint density at radius 3 is 2.59 bits per heavy atom. The van der Waals surface area contributed by atoms with E-state index in [9.17, 15) is 13.2 Å². The molecule has 1 aliphatic rings. The van der Waals surface area contributed by atoms with Crippen molar-refractivity contribution < 1.29 is 13.2 Å². The lowest BCUT2D eigenvalue weighted by Gasteiger charge is -2.22. The van der Waals surface area contributed by atoms with Crippen LogP contribution in [0.4, 0.5) is 0 Å². The SMILES string of the molecule is C=CCNS(=O)(=O)c1cccc(C(=O)N2CCCN(Cc3ccccc3)CC2)c1. The van der Waals surface area contributed by atoms with E-state index in [0.717, 1.165) is 26.1 Å². The standard InChI is InChI=1S/C22H27N3O3S/c1-2-12-23-29(27,28)21-11-6-10-20(17-21)22(26)25-14-7-13-24(15-16-25)18-19-8-4-3-5-9-19/h2-6,8-11,17,23H,1,7,12-16,18H2. The van der Waals surface area contributed by atoms with Crippen LogP contribution in [-0.4, -0.2) is 56.8 Å². The second-order valence-corrected chi connectivity index (χ2v) is 8.84. The molecule has 0 aliphatic carbocycles. The summed E-state index contributed by atoms with van der Waals surface area (Å²) < 4.78 is 27.1. The monoisotopic (exact) mass is 413 g/mol. The summed E-state index contributed by atoms with van der Waals surface area (Å²) in [6, 6.07) is 16.5. The summed E-state index contributed by atoms with van der Waals surface area (Å²) in [5, 5.41) is 0. The van der Waals surface area contributed by atoms with Crippen LogP contribution in [0.25, 0.3) is 0 Å². The Hall–Kier alpha value is -2.48. The molecule has 29 heavy (non-hydrogen) atoms. The molecule has 1 saturated heterocycles. The van der Waals surface area contributed by atoms with E-state index in [1.807, 2.05) is 23.1 Å². The van der Waals surface area contributed by atoms with Crippen LogP contribution in [0.1, 0.15) is 22.3 Å². The van der Waals surface area contributed by atoms with Gasteiger partial charge in [0.25, 0.3) is 5.91 Å². The van der Waals surface area contributed by atoms with Crippen molar-refractivity contribution in [2.75, 3.05) is 32.7 Å². The summed E-state index contributed by atoms with van der Waals surface area (Å²) in [4.78, 5) is 17.2. The fourth-order valence-electron chi connectivity index (χ4n) is 3.40. The van der Waals surface area contributed by atoms with Crippen LogP contribution in [0.15, 0.2) is 72.1 Å². The number of hydrogen-bond acceptors (Lipinski definition) is 4. The minimum Gasteiger partial charge on any atom is -0.337 e. The van der Waals surface area contributed by atoms with E-state index >= 15 is 0 Å². The van der Waals surface area contributed by atoms with E-state index in [1.165, 1.54) is 23.8 Å². The zero-order valence-corrected chi connectivity index (χ0v) is 17.3. The van der Waals surface area contributed by atoms with E-state index in [2.05, 4.69) is 28.3 Å². The second-order valence-electron chi connectivity index (χ2n) is 7.08. The molecule has 0 saturated carbocycles. The van der Waals surface area contributed by atoms with Gasteiger partial charge in [-0.05, 0) is 30.2 Å². The number of sulfonamides is 1. The Kier molecular flexibility index (Phi) is 7.19. The summed E-state index contributed by atoms with van der Waals surface area (Å²) in [5.74, 6) is -0.132. The fraction of sp³-hybridized carbons (Fsp3) is 0.318. The Labute approximate surface area is 172 Å². The van der Waals surface area contributed by atoms with Crippen molar-refractivity contribution in [3.05, 3.63) is 78.4 Å². The van der Waals surface area contributed by atoms with E-state index in [4.69, 9.17) is 0 Å². The van der Waals surface area contributed by atoms with Crippen molar-refractivity contribution in [2.24, 2.45) is 0 Å². The van der Waals surface area contributed by atoms with Gasteiger partial charge >= 0.3 is 0 Å². The highest BCUT2D eigenvalue weighted by Crippen LogP contribution is 2.15. The maximum absolute atomic E-state index is 13.0. The molecule has 6 nitrogen and oxygen atoms in total. The molecule has 1 aliphatic heterocycles. The highest BCUT2D eigenvalue weighted by Gasteiger charge is 2.22. The van der Waals surface area contributed by atoms with Crippen molar-refractivity contribution >= 4 is 15.9 Å². The number of nitrogens with zero attached hydrogens (tertiary/aromatic N) is 2. The van der Waals surface area contributed by atoms with Gasteiger partial charge in [0.2, 0.25) is 10.0 Å². The van der Waals surface area contributed by atoms with E-state index < -0.39 is 10.0 Å². The molecule has 0 radical (unpaired) electrons. The lowest BCUT2D eigenvalue weighted by atomic mass is 10.2. The van der Waals surface area contributed by atoms with Gasteiger partial charge in [-0.1, -0.05) is 42.5 Å². The zero-order chi connectivity index (χ0) is 20.7. The minimum atomic E-state index is -3.66. The van der Waals surface area contributed by atoms with Gasteiger partial charge in [0.1, 0.15) is 0 Å². The van der Waals surface area contributed by atoms with Crippen molar-refractivity contribution in [3.63, 3.8) is 0 Å². The number of carbonyl (C=O) groups is 1. The Morgan fingerprint density at radius 1 is 1.03 bits per heavy atom. The molecule has 0 atom stereocenters. The quantitative estimate of drug-likeness (QED) is 0.708. The van der Waals surface area contributed by atoms with Gasteiger partial charge in [-0.2, -0.15) is 0 Å². The molecule has 0 bridgehead atoms. The lowest BCUT2D eigenvalue weighted by Crippen LogP contribution is -2.35. The van der Waals surface area contributed by atoms with Crippen LogP contribution in [0, 0.1) is 0 Å². The first-order valence-corrected chi connectivity index (χ1v) is 11.2. The molecule has 7 heteroatoms. The van der Waals surface area contributed by atoms with Gasteiger partial charge in [0, 0.05) is 44.8 Å². The highest BCUT2D eigenvalue weighted by atomic mass is 32.2. The summed E-state index contributed by atoms with van der Waals surface area (Å²) in [5.41, 5.74) is 1.65. The Balaban J connectivity index is 1.66. The predicted octanol–water partition coefficient (Wildman–Crippen LogP) is 2.50. The molecule has 2 aromatic rings. The van der Waals surface area contributed by atoms with Crippen molar-refractivity contribution in [3.8, 4) is 0 Å². The van der Waals surface area contributed by atoms with Gasteiger partial charge in [-0.15, -0.1) is 6.58 Å². The third kappa shape index (κ3) is 5.76. The van der Waals surface area contributed by atoms with Crippen LogP contribution >= 0.6 is 0 Å². The van der Waals surface area contributed by atoms with Gasteiger partial charge in [0.15, 0.2) is 0 Å². The molecule has 0 unspecified atom stereocenters. The normalized spacial score (nSPS) is 15.7. The van der Waals surface area contributed by atoms with Crippen molar-refractivity contribution in [2.45, 2.75) is 17.9 Å². The third-order valence-electron chi connectivity index (χ3n) is 4.93. The van der Waals surface area contributed by atoms with Gasteiger partial charge in [-0.3, -0.25) is 9.69 Å². The molecule has 1 N–H and O–H groups in total. The maximum Gasteiger partial charge on any atom is 0.253 e. The van der Waals surface area contributed by atoms with Gasteiger partial charge < -0.3 is 4.90 Å². The van der Waals surface area contributed by atoms with Gasteiger partial charge in [0.05, 0.1) is 4.90 Å². The first kappa shape index (κ1) is 21.2. The highest BCUT2D eigenvalue weighted by molar-refractivity contribution is 7.89. The van der Waals surface area contributed by atoms with E-state index in [0.29, 0.717) is 18.7 Å². The summed E-state index contributed by atoms with van der Waals surface area (Å²) >= 11 is 0. The molecule has 1 fully saturated rings. The first-order valence-electron chi connectivity index (χ1n) is 9.76. The predicted molar refractivity (Wildman–Crippen MR) is 114 cm³/mol. The van der Waals surface area contributed by atoms with E-state index in [1.54, 1.807) is 12.1 Å². The van der Waals surface area contributed by atoms with Crippen LogP contribution in [0.3, 0.4) is 0 Å². The number of benzene rings is 2. The number of nitrogens with one attached hydrogen (secondary N) is 1. The number of rotatable bonds is 7. The third-order valence-corrected chi connectivity index (χ3v) is 6.35. The van der Waals surface area contributed by atoms with Crippen LogP contribution in [0.5, 0.6) is 0 Å². The van der Waals surface area contributed by atoms with Crippen LogP contribution < -0.4 is 4.72 Å². The molecular formula is C22H27N3O3S. The second kappa shape index (κ2) is 9.82. The minimum absolute atomic E-state index is 0.0886. The summed E-state index contributed by atoms with van der Waals surface area (Å²) in [6.07, 6.45) is 2.36. The van der Waals surface area contributed by atoms with Gasteiger partial charge in [-0.25, -0.2) is 13.1 Å². The fourth-order valence-corrected chi connectivity index (χ4v) is 4.45. The van der Waals surface area contributed by atoms with E-state index in [-0.39, 0.29) is 17.3 Å². The molecule has 1 heterocycles. The average molecular weight is 414 g/mol. The number of hydrogen-bond donors (Lipinski definition) is 1. The molecule has 0 spiro atoms. The molecule has 154 valence electrons. The summed E-state index contributed by atoms with van der Waals surface area (Å²) in [7, 11) is -3.66. The molecule has 3 rings (SSSR count). The molecule has 1 amide bonds. The Bertz CT molecular complexity index is 945. The smallest absolute Gasteiger partial charge is 0.253 e. The van der Waals surface area contributed by atoms with Crippen LogP contribution in [-0.2, 0) is 16.6 Å². The largest absolute Gasteiger partial charge is 0.337 e. The topological polar surface area (TPSA) is 69.7 Å². The Morgan fingerprint density at radius 2 is 1.83 bits per heavy atom. The molecular weight excluding hydrogens is 386 g/mol. The average Bonchev–Trinajstić information content (AvgIpc) is 2.98.